The molecular weight excluding hydrogens is 1350 g/mol. The van der Waals surface area contributed by atoms with Crippen molar-refractivity contribution < 1.29 is 27.6 Å². The first kappa shape index (κ1) is 87.2. The summed E-state index contributed by atoms with van der Waals surface area (Å²) in [7, 11) is -4.89. The van der Waals surface area contributed by atoms with E-state index in [0.29, 0.717) is 44.2 Å². The number of hydrogen-bond acceptors (Lipinski definition) is 14. The van der Waals surface area contributed by atoms with Gasteiger partial charge in [0.1, 0.15) is 56.4 Å². The fourth-order valence-corrected chi connectivity index (χ4v) is 13.8. The molecule has 0 saturated carbocycles. The zero-order chi connectivity index (χ0) is 69.8. The lowest BCUT2D eigenvalue weighted by molar-refractivity contribution is 0.336. The quantitative estimate of drug-likeness (QED) is 0.0492. The predicted octanol–water partition coefficient (Wildman–Crippen LogP) is 9.91. The van der Waals surface area contributed by atoms with Crippen LogP contribution >= 0.6 is 37.9 Å². The molecule has 0 aliphatic carbocycles. The summed E-state index contributed by atoms with van der Waals surface area (Å²) in [6.45, 7) is 31.9. The third-order valence-electron chi connectivity index (χ3n) is 12.6. The number of rotatable bonds is 3. The summed E-state index contributed by atoms with van der Waals surface area (Å²) >= 11 is 3.51. The maximum absolute atomic E-state index is 13.4. The molecule has 3 aliphatic rings. The zero-order valence-corrected chi connectivity index (χ0v) is 61.4. The SMILES string of the molecule is C.C.C.CC.CC.CC.CC.CC.CC.CCOP1(=O)NC(=c2c(=O)c3cccn3n(C)c2=O)Nc2ccccc21.COP1(=O)NC(=c2c(=O)c3cccn3n(C)c2=O)Nc2ccccc21.C[Si](C)(C)Br.Cn1c(=O)c(=C2Nc3ccccc3P(=O)(O)N2)c(=O)c2cccn21. The van der Waals surface area contributed by atoms with E-state index in [4.69, 9.17) is 9.05 Å². The van der Waals surface area contributed by atoms with E-state index < -0.39 is 62.2 Å². The molecule has 95 heavy (non-hydrogen) atoms. The number of hydrogen-bond donors (Lipinski definition) is 7. The number of fused-ring (bicyclic) bond motifs is 6. The second kappa shape index (κ2) is 38.7. The average molecular weight is 1460 g/mol. The molecule has 0 amide bonds. The van der Waals surface area contributed by atoms with Gasteiger partial charge in [-0.2, -0.15) is 0 Å². The van der Waals surface area contributed by atoms with Gasteiger partial charge in [0.25, 0.3) is 16.7 Å². The van der Waals surface area contributed by atoms with Crippen LogP contribution in [0.25, 0.3) is 34.0 Å². The van der Waals surface area contributed by atoms with Gasteiger partial charge in [-0.05, 0) is 79.7 Å². The largest absolute Gasteiger partial charge is 0.340 e. The van der Waals surface area contributed by atoms with E-state index in [-0.39, 0.29) is 67.3 Å². The van der Waals surface area contributed by atoms with Crippen molar-refractivity contribution in [2.24, 2.45) is 21.1 Å². The van der Waals surface area contributed by atoms with Crippen LogP contribution in [0.4, 0.5) is 17.1 Å². The molecule has 7 N–H and O–H groups in total. The molecule has 0 radical (unpaired) electrons. The highest BCUT2D eigenvalue weighted by molar-refractivity contribution is 9.26. The van der Waals surface area contributed by atoms with Crippen molar-refractivity contribution in [1.82, 2.24) is 42.9 Å². The first-order valence-electron chi connectivity index (χ1n) is 30.4. The van der Waals surface area contributed by atoms with E-state index in [1.807, 2.05) is 83.1 Å². The first-order valence-corrected chi connectivity index (χ1v) is 41.1. The first-order chi connectivity index (χ1) is 43.8. The Bertz CT molecular complexity index is 4730. The molecule has 0 spiro atoms. The van der Waals surface area contributed by atoms with E-state index in [1.165, 1.54) is 47.8 Å². The average Bonchev–Trinajstić information content (AvgIpc) is 1.69. The summed E-state index contributed by atoms with van der Waals surface area (Å²) in [6, 6.07) is 30.2. The van der Waals surface area contributed by atoms with Crippen LogP contribution in [0.3, 0.4) is 0 Å². The maximum Gasteiger partial charge on any atom is 0.327 e. The van der Waals surface area contributed by atoms with E-state index in [0.717, 1.165) is 0 Å². The highest BCUT2D eigenvalue weighted by Crippen LogP contribution is 2.48. The Labute approximate surface area is 566 Å². The van der Waals surface area contributed by atoms with Gasteiger partial charge in [-0.15, -0.1) is 15.3 Å². The lowest BCUT2D eigenvalue weighted by atomic mass is 10.3. The number of nitrogens with one attached hydrogen (secondary N) is 6. The number of nitrogens with zero attached hydrogens (tertiary/aromatic N) is 6. The maximum atomic E-state index is 13.4. The van der Waals surface area contributed by atoms with Gasteiger partial charge in [-0.1, -0.05) is 161 Å². The molecule has 29 heteroatoms. The van der Waals surface area contributed by atoms with E-state index >= 15 is 0 Å². The lowest BCUT2D eigenvalue weighted by Crippen LogP contribution is -2.51. The molecule has 24 nitrogen and oxygen atoms in total. The minimum Gasteiger partial charge on any atom is -0.340 e. The summed E-state index contributed by atoms with van der Waals surface area (Å²) in [5.74, 6) is 0.113. The standard InChI is InChI=1S/C17H17N4O4P.C16H15N4O4P.C15H13N4O4P.C3H9BrSi.6C2H6.3CH4/c1-3-25-26(24)13-9-5-4-7-11(13)18-16(19-26)14-15(22)12-8-6-10-21(12)20(2)17(14)23;1-19-16(22)13(14(21)11-7-5-9-20(11)19)15-17-10-6-3-4-8-12(10)25(23,18-15)24-2;1-18-15(21)12(13(20)10-6-4-8-19(10)18)14-16-9-5-2-3-7-11(9)24(22,23)17-14;1-5(2,3)4;6*1-2;;;/h4-10,18H,3H2,1-2H3,(H,19,24);3-9,17H,1-2H3,(H,18,23);2-8,16H,1H3,(H2,17,22,23);1-3H3;6*1-2H3;3*1H4. The van der Waals surface area contributed by atoms with E-state index in [2.05, 4.69) is 66.1 Å². The van der Waals surface area contributed by atoms with E-state index in [9.17, 15) is 47.4 Å². The molecule has 9 aromatic rings. The highest BCUT2D eigenvalue weighted by Gasteiger charge is 2.36. The van der Waals surface area contributed by atoms with Crippen molar-refractivity contribution in [3.63, 3.8) is 0 Å². The molecule has 3 unspecified atom stereocenters. The van der Waals surface area contributed by atoms with Crippen LogP contribution in [0.2, 0.25) is 19.6 Å². The zero-order valence-electron chi connectivity index (χ0n) is 56.2. The second-order valence-corrected chi connectivity index (χ2v) is 36.4. The van der Waals surface area contributed by atoms with Crippen molar-refractivity contribution in [1.29, 1.82) is 0 Å². The van der Waals surface area contributed by atoms with Crippen LogP contribution in [0.1, 0.15) is 112 Å². The van der Waals surface area contributed by atoms with Crippen molar-refractivity contribution in [2.75, 3.05) is 29.7 Å². The van der Waals surface area contributed by atoms with Gasteiger partial charge < -0.3 is 29.9 Å². The van der Waals surface area contributed by atoms with Gasteiger partial charge in [-0.3, -0.25) is 71.3 Å². The van der Waals surface area contributed by atoms with Gasteiger partial charge in [0, 0.05) is 46.8 Å². The number of halogens is 1. The minimum absolute atomic E-state index is 0. The monoisotopic (exact) mass is 1450 g/mol. The molecule has 9 heterocycles. The van der Waals surface area contributed by atoms with Gasteiger partial charge in [-0.25, -0.2) is 14.0 Å². The van der Waals surface area contributed by atoms with Crippen molar-refractivity contribution in [3.05, 3.63) is 205 Å². The Morgan fingerprint density at radius 3 is 1.01 bits per heavy atom. The number of aryl methyl sites for hydroxylation is 3. The molecule has 0 bridgehead atoms. The van der Waals surface area contributed by atoms with Crippen LogP contribution in [0.15, 0.2) is 157 Å². The van der Waals surface area contributed by atoms with Crippen LogP contribution in [0.5, 0.6) is 0 Å². The Morgan fingerprint density at radius 1 is 0.442 bits per heavy atom. The van der Waals surface area contributed by atoms with Crippen LogP contribution in [-0.4, -0.2) is 52.9 Å². The number of aromatic nitrogens is 6. The predicted molar refractivity (Wildman–Crippen MR) is 405 cm³/mol. The fourth-order valence-electron chi connectivity index (χ4n) is 8.97. The Balaban J connectivity index is 0.00000123. The molecule has 12 rings (SSSR count). The Morgan fingerprint density at radius 2 is 0.705 bits per heavy atom. The third-order valence-corrected chi connectivity index (χ3v) is 18.4. The van der Waals surface area contributed by atoms with Crippen LogP contribution in [-0.2, 0) is 43.9 Å². The Kier molecular flexibility index (Phi) is 35.5. The molecule has 524 valence electrons. The van der Waals surface area contributed by atoms with E-state index in [1.54, 1.807) is 143 Å². The summed E-state index contributed by atoms with van der Waals surface area (Å²) in [5, 5.41) is 17.6. The molecule has 3 aliphatic heterocycles. The summed E-state index contributed by atoms with van der Waals surface area (Å²) < 4.78 is 58.0. The summed E-state index contributed by atoms with van der Waals surface area (Å²) in [6.07, 6.45) is 4.86. The topological polar surface area (TPSA) is 293 Å². The smallest absolute Gasteiger partial charge is 0.327 e. The molecule has 3 aromatic carbocycles. The lowest BCUT2D eigenvalue weighted by Gasteiger charge is -2.29. The van der Waals surface area contributed by atoms with Gasteiger partial charge in [0.05, 0.1) is 39.6 Å². The molecule has 0 saturated heterocycles. The van der Waals surface area contributed by atoms with Gasteiger partial charge >= 0.3 is 22.6 Å². The van der Waals surface area contributed by atoms with Crippen LogP contribution < -0.4 is 95.7 Å². The van der Waals surface area contributed by atoms with Gasteiger partial charge in [0.2, 0.25) is 16.3 Å². The second-order valence-electron chi connectivity index (χ2n) is 19.0. The highest BCUT2D eigenvalue weighted by atomic mass is 79.9. The van der Waals surface area contributed by atoms with Crippen molar-refractivity contribution >= 4 is 112 Å². The van der Waals surface area contributed by atoms with Gasteiger partial charge in [0.15, 0.2) is 0 Å². The molecule has 3 atom stereocenters. The fraction of sp³-hybridized carbons (Fsp3) is 0.364. The van der Waals surface area contributed by atoms with Crippen molar-refractivity contribution in [3.8, 4) is 0 Å². The number of benzene rings is 3. The summed E-state index contributed by atoms with van der Waals surface area (Å²) in [5.41, 5.74) is -0.558. The summed E-state index contributed by atoms with van der Waals surface area (Å²) in [4.78, 5) is 86.7. The van der Waals surface area contributed by atoms with Crippen molar-refractivity contribution in [2.45, 2.75) is 132 Å². The normalized spacial score (nSPS) is 18.0. The Hall–Kier alpha value is -7.79. The minimum atomic E-state index is -3.94. The molecule has 0 fully saturated rings. The molecule has 6 aromatic heterocycles. The third kappa shape index (κ3) is 19.0. The van der Waals surface area contributed by atoms with Crippen LogP contribution in [0, 0.1) is 0 Å². The molecular formula is C66H102BrN12O12P3Si. The number of anilines is 3. The number of para-hydroxylation sites is 3.